The van der Waals surface area contributed by atoms with Crippen LogP contribution in [0.15, 0.2) is 0 Å². The van der Waals surface area contributed by atoms with Gasteiger partial charge in [-0.3, -0.25) is 4.79 Å². The molecule has 0 aliphatic heterocycles. The first-order chi connectivity index (χ1) is 7.34. The van der Waals surface area contributed by atoms with Gasteiger partial charge in [0.25, 0.3) is 0 Å². The minimum Gasteiger partial charge on any atom is -0.480 e. The smallest absolute Gasteiger partial charge is 0.323 e. The predicted molar refractivity (Wildman–Crippen MR) is 64.3 cm³/mol. The van der Waals surface area contributed by atoms with E-state index in [0.29, 0.717) is 12.5 Å². The second kappa shape index (κ2) is 5.15. The highest BCUT2D eigenvalue weighted by atomic mass is 16.4. The molecule has 4 nitrogen and oxygen atoms in total. The van der Waals surface area contributed by atoms with Gasteiger partial charge < -0.3 is 15.7 Å². The Morgan fingerprint density at radius 1 is 1.62 bits per heavy atom. The summed E-state index contributed by atoms with van der Waals surface area (Å²) in [7, 11) is 2.11. The molecule has 0 bridgehead atoms. The number of carboxylic acids is 1. The standard InChI is InChI=1S/C12H24N2O2/c1-9(10-5-6-10)14(3)8-4-7-12(2,13)11(15)16/h9-10H,4-8,13H2,1-3H3,(H,15,16). The Morgan fingerprint density at radius 2 is 2.19 bits per heavy atom. The molecule has 1 aliphatic rings. The van der Waals surface area contributed by atoms with Gasteiger partial charge in [-0.1, -0.05) is 0 Å². The lowest BCUT2D eigenvalue weighted by Gasteiger charge is -2.26. The van der Waals surface area contributed by atoms with Gasteiger partial charge in [-0.15, -0.1) is 0 Å². The van der Waals surface area contributed by atoms with E-state index in [-0.39, 0.29) is 0 Å². The van der Waals surface area contributed by atoms with Crippen molar-refractivity contribution in [1.29, 1.82) is 0 Å². The topological polar surface area (TPSA) is 66.6 Å². The van der Waals surface area contributed by atoms with E-state index >= 15 is 0 Å². The molecule has 4 heteroatoms. The Bertz CT molecular complexity index is 249. The van der Waals surface area contributed by atoms with E-state index < -0.39 is 11.5 Å². The van der Waals surface area contributed by atoms with Crippen molar-refractivity contribution in [2.75, 3.05) is 13.6 Å². The van der Waals surface area contributed by atoms with E-state index in [1.54, 1.807) is 6.92 Å². The van der Waals surface area contributed by atoms with Crippen molar-refractivity contribution in [2.45, 2.75) is 51.1 Å². The first-order valence-corrected chi connectivity index (χ1v) is 6.07. The summed E-state index contributed by atoms with van der Waals surface area (Å²) in [6.45, 7) is 4.76. The number of aliphatic carboxylic acids is 1. The zero-order valence-corrected chi connectivity index (χ0v) is 10.6. The van der Waals surface area contributed by atoms with Gasteiger partial charge in [-0.05, 0) is 59.0 Å². The maximum Gasteiger partial charge on any atom is 0.323 e. The summed E-state index contributed by atoms with van der Waals surface area (Å²) in [6.07, 6.45) is 4.06. The van der Waals surface area contributed by atoms with E-state index in [0.717, 1.165) is 18.9 Å². The van der Waals surface area contributed by atoms with Crippen molar-refractivity contribution in [1.82, 2.24) is 4.90 Å². The molecule has 94 valence electrons. The Kier molecular flexibility index (Phi) is 4.33. The molecule has 0 aromatic rings. The van der Waals surface area contributed by atoms with Crippen molar-refractivity contribution in [2.24, 2.45) is 11.7 Å². The number of carbonyl (C=O) groups is 1. The minimum atomic E-state index is -1.08. The molecule has 0 radical (unpaired) electrons. The maximum atomic E-state index is 10.8. The van der Waals surface area contributed by atoms with Gasteiger partial charge in [0.1, 0.15) is 5.54 Å². The lowest BCUT2D eigenvalue weighted by Crippen LogP contribution is -2.45. The first-order valence-electron chi connectivity index (χ1n) is 6.07. The summed E-state index contributed by atoms with van der Waals surface area (Å²) in [6, 6.07) is 0.619. The van der Waals surface area contributed by atoms with Crippen molar-refractivity contribution in [3.63, 3.8) is 0 Å². The van der Waals surface area contributed by atoms with Crippen LogP contribution in [-0.4, -0.2) is 41.1 Å². The van der Waals surface area contributed by atoms with Crippen LogP contribution >= 0.6 is 0 Å². The second-order valence-electron chi connectivity index (χ2n) is 5.38. The van der Waals surface area contributed by atoms with E-state index in [9.17, 15) is 4.79 Å². The number of hydrogen-bond acceptors (Lipinski definition) is 3. The Hall–Kier alpha value is -0.610. The molecule has 0 amide bonds. The fraction of sp³-hybridized carbons (Fsp3) is 0.917. The van der Waals surface area contributed by atoms with Crippen molar-refractivity contribution >= 4 is 5.97 Å². The van der Waals surface area contributed by atoms with Crippen LogP contribution in [0.1, 0.15) is 39.5 Å². The number of rotatable bonds is 7. The fourth-order valence-corrected chi connectivity index (χ4v) is 1.94. The summed E-state index contributed by atoms with van der Waals surface area (Å²) in [5, 5.41) is 8.88. The molecule has 3 N–H and O–H groups in total. The monoisotopic (exact) mass is 228 g/mol. The molecule has 1 rings (SSSR count). The molecule has 1 aliphatic carbocycles. The van der Waals surface area contributed by atoms with Crippen LogP contribution in [0.5, 0.6) is 0 Å². The van der Waals surface area contributed by atoms with Gasteiger partial charge in [0.2, 0.25) is 0 Å². The molecule has 16 heavy (non-hydrogen) atoms. The minimum absolute atomic E-state index is 0.532. The Morgan fingerprint density at radius 3 is 2.62 bits per heavy atom. The third-order valence-corrected chi connectivity index (χ3v) is 3.69. The van der Waals surface area contributed by atoms with Crippen LogP contribution in [0, 0.1) is 5.92 Å². The van der Waals surface area contributed by atoms with Crippen LogP contribution in [0.3, 0.4) is 0 Å². The molecule has 2 atom stereocenters. The fourth-order valence-electron chi connectivity index (χ4n) is 1.94. The van der Waals surface area contributed by atoms with Gasteiger partial charge in [0, 0.05) is 6.04 Å². The molecule has 2 unspecified atom stereocenters. The highest BCUT2D eigenvalue weighted by molar-refractivity contribution is 5.77. The molecule has 0 heterocycles. The molecular weight excluding hydrogens is 204 g/mol. The average Bonchev–Trinajstić information content (AvgIpc) is 2.99. The number of carboxylic acid groups (broad SMARTS) is 1. The molecule has 0 saturated heterocycles. The van der Waals surface area contributed by atoms with E-state index in [4.69, 9.17) is 10.8 Å². The lowest BCUT2D eigenvalue weighted by molar-refractivity contribution is -0.142. The van der Waals surface area contributed by atoms with Crippen molar-refractivity contribution in [3.8, 4) is 0 Å². The highest BCUT2D eigenvalue weighted by Crippen LogP contribution is 2.34. The van der Waals surface area contributed by atoms with E-state index in [1.807, 2.05) is 0 Å². The third-order valence-electron chi connectivity index (χ3n) is 3.69. The van der Waals surface area contributed by atoms with Gasteiger partial charge in [-0.25, -0.2) is 0 Å². The van der Waals surface area contributed by atoms with Crippen LogP contribution < -0.4 is 5.73 Å². The zero-order valence-electron chi connectivity index (χ0n) is 10.6. The van der Waals surface area contributed by atoms with Gasteiger partial charge in [0.05, 0.1) is 0 Å². The summed E-state index contributed by atoms with van der Waals surface area (Å²) in [5.41, 5.74) is 4.60. The Labute approximate surface area is 97.8 Å². The lowest BCUT2D eigenvalue weighted by atomic mass is 9.97. The predicted octanol–water partition coefficient (Wildman–Crippen LogP) is 1.30. The quantitative estimate of drug-likeness (QED) is 0.689. The summed E-state index contributed by atoms with van der Waals surface area (Å²) in [4.78, 5) is 13.1. The molecule has 1 saturated carbocycles. The van der Waals surface area contributed by atoms with Gasteiger partial charge in [0.15, 0.2) is 0 Å². The largest absolute Gasteiger partial charge is 0.480 e. The molecular formula is C12H24N2O2. The van der Waals surface area contributed by atoms with E-state index in [1.165, 1.54) is 12.8 Å². The summed E-state index contributed by atoms with van der Waals surface area (Å²) < 4.78 is 0. The van der Waals surface area contributed by atoms with Crippen LogP contribution in [-0.2, 0) is 4.79 Å². The van der Waals surface area contributed by atoms with Gasteiger partial charge >= 0.3 is 5.97 Å². The van der Waals surface area contributed by atoms with Crippen LogP contribution in [0.25, 0.3) is 0 Å². The normalized spacial score (nSPS) is 21.8. The summed E-state index contributed by atoms with van der Waals surface area (Å²) >= 11 is 0. The number of hydrogen-bond donors (Lipinski definition) is 2. The Balaban J connectivity index is 2.21. The molecule has 0 aromatic carbocycles. The zero-order chi connectivity index (χ0) is 12.3. The maximum absolute atomic E-state index is 10.8. The third kappa shape index (κ3) is 3.76. The van der Waals surface area contributed by atoms with Crippen LogP contribution in [0.4, 0.5) is 0 Å². The molecule has 1 fully saturated rings. The number of nitrogens with zero attached hydrogens (tertiary/aromatic N) is 1. The van der Waals surface area contributed by atoms with Crippen molar-refractivity contribution < 1.29 is 9.90 Å². The SMILES string of the molecule is CC(C1CC1)N(C)CCCC(C)(N)C(=O)O. The van der Waals surface area contributed by atoms with Gasteiger partial charge in [-0.2, -0.15) is 0 Å². The molecule has 0 aromatic heterocycles. The summed E-state index contributed by atoms with van der Waals surface area (Å²) in [5.74, 6) is -0.0564. The second-order valence-corrected chi connectivity index (χ2v) is 5.38. The first kappa shape index (κ1) is 13.5. The van der Waals surface area contributed by atoms with Crippen LogP contribution in [0.2, 0.25) is 0 Å². The molecule has 0 spiro atoms. The number of nitrogens with two attached hydrogens (primary N) is 1. The highest BCUT2D eigenvalue weighted by Gasteiger charge is 2.31. The van der Waals surface area contributed by atoms with Crippen molar-refractivity contribution in [3.05, 3.63) is 0 Å². The van der Waals surface area contributed by atoms with E-state index in [2.05, 4.69) is 18.9 Å². The average molecular weight is 228 g/mol.